The Labute approximate surface area is 423 Å². The first-order valence-electron chi connectivity index (χ1n) is 25.6. The number of nitrogens with two attached hydrogens (primary N) is 2. The van der Waals surface area contributed by atoms with Gasteiger partial charge in [0.1, 0.15) is 41.1 Å². The van der Waals surface area contributed by atoms with Gasteiger partial charge < -0.3 is 47.3 Å². The van der Waals surface area contributed by atoms with Crippen molar-refractivity contribution >= 4 is 51.4 Å². The van der Waals surface area contributed by atoms with Gasteiger partial charge in [0, 0.05) is 44.6 Å². The van der Waals surface area contributed by atoms with Crippen molar-refractivity contribution in [2.75, 3.05) is 26.2 Å². The molecule has 9 N–H and O–H groups in total. The normalized spacial score (nSPS) is 26.1. The molecule has 1 spiro atoms. The predicted octanol–water partition coefficient (Wildman–Crippen LogP) is 2.51. The monoisotopic (exact) mass is 1010 g/mol. The lowest BCUT2D eigenvalue weighted by Crippen LogP contribution is -2.60. The van der Waals surface area contributed by atoms with E-state index in [1.165, 1.54) is 9.80 Å². The van der Waals surface area contributed by atoms with Crippen molar-refractivity contribution in [1.29, 1.82) is 0 Å². The van der Waals surface area contributed by atoms with Crippen LogP contribution in [0, 0.1) is 20.8 Å². The van der Waals surface area contributed by atoms with E-state index in [9.17, 15) is 37.2 Å². The number of sulfonamides is 1. The molecule has 0 aromatic heterocycles. The topological polar surface area (TPSA) is 277 Å². The molecule has 0 bridgehead atoms. The third-order valence-corrected chi connectivity index (χ3v) is 16.3. The SMILES string of the molecule is Cc1c(C)c(S(=O)(=O)NC(N)=NCCC[C@@H]2NC(=O)C3(CC3)NC(=O)[C@@H]3CCCN3C(=O)[C@H](Cc3ccccc3)NC(=O)[C@@H](N)CCC/C=C/CCCNC(=O)[C@@H]3CCCN3C2=O)c(C)c2c1OC(C)(C)C2. The Morgan fingerprint density at radius 3 is 2.11 bits per heavy atom. The van der Waals surface area contributed by atoms with Gasteiger partial charge in [0.15, 0.2) is 0 Å². The molecule has 392 valence electrons. The van der Waals surface area contributed by atoms with Crippen LogP contribution in [0.25, 0.3) is 0 Å². The molecule has 19 nitrogen and oxygen atoms in total. The fraction of sp³-hybridized carbons (Fsp3) is 0.596. The van der Waals surface area contributed by atoms with Gasteiger partial charge in [-0.2, -0.15) is 0 Å². The van der Waals surface area contributed by atoms with Crippen molar-refractivity contribution in [2.45, 2.75) is 177 Å². The van der Waals surface area contributed by atoms with Crippen LogP contribution in [0.3, 0.4) is 0 Å². The van der Waals surface area contributed by atoms with Crippen molar-refractivity contribution < 1.29 is 41.9 Å². The van der Waals surface area contributed by atoms with Crippen LogP contribution in [0.1, 0.15) is 125 Å². The summed E-state index contributed by atoms with van der Waals surface area (Å²) in [7, 11) is -4.18. The first kappa shape index (κ1) is 53.8. The summed E-state index contributed by atoms with van der Waals surface area (Å²) in [6, 6.07) is 4.62. The largest absolute Gasteiger partial charge is 0.487 e. The molecule has 72 heavy (non-hydrogen) atoms. The second-order valence-corrected chi connectivity index (χ2v) is 22.4. The second-order valence-electron chi connectivity index (χ2n) is 20.7. The van der Waals surface area contributed by atoms with Crippen molar-refractivity contribution in [1.82, 2.24) is 35.8 Å². The molecule has 7 rings (SSSR count). The summed E-state index contributed by atoms with van der Waals surface area (Å²) >= 11 is 0. The fourth-order valence-electron chi connectivity index (χ4n) is 10.5. The Morgan fingerprint density at radius 1 is 0.806 bits per heavy atom. The molecule has 4 aliphatic heterocycles. The third kappa shape index (κ3) is 12.6. The molecule has 1 saturated carbocycles. The van der Waals surface area contributed by atoms with Gasteiger partial charge in [-0.3, -0.25) is 33.8 Å². The fourth-order valence-corrected chi connectivity index (χ4v) is 12.0. The molecule has 2 aromatic carbocycles. The van der Waals surface area contributed by atoms with Crippen LogP contribution in [0.4, 0.5) is 0 Å². The summed E-state index contributed by atoms with van der Waals surface area (Å²) in [6.07, 6.45) is 10.5. The van der Waals surface area contributed by atoms with Gasteiger partial charge >= 0.3 is 0 Å². The van der Waals surface area contributed by atoms with E-state index in [1.54, 1.807) is 13.8 Å². The van der Waals surface area contributed by atoms with Crippen LogP contribution < -0.4 is 42.2 Å². The average Bonchev–Trinajstić information content (AvgIpc) is 3.63. The molecule has 0 radical (unpaired) electrons. The lowest BCUT2D eigenvalue weighted by atomic mass is 9.94. The number of benzene rings is 2. The molecular weight excluding hydrogens is 941 g/mol. The summed E-state index contributed by atoms with van der Waals surface area (Å²) in [5.41, 5.74) is 14.2. The standard InChI is InChI=1S/C52H74N10O9S/c1-32-33(2)43(34(3)36-31-51(4,5)71-42(32)36)72(69,70)60-50(54)56-27-15-21-38-47(66)61-28-16-22-40(61)45(64)55-26-14-9-7-6-8-13-20-37(53)44(63)57-39(30-35-18-11-10-12-19-35)48(67)62-29-17-23-41(62)46(65)59-52(24-25-52)49(68)58-38/h6-7,10-12,18-19,37-41H,8-9,13-17,20-31,53H2,1-5H3,(H,55,64)(H,57,63)(H,58,68)(H,59,65)(H3,54,56,60)/b7-6+/t37-,38-,39-,40-,41-/m0/s1. The predicted molar refractivity (Wildman–Crippen MR) is 272 cm³/mol. The molecule has 5 aliphatic rings. The highest BCUT2D eigenvalue weighted by atomic mass is 32.2. The van der Waals surface area contributed by atoms with Gasteiger partial charge in [0.2, 0.25) is 41.4 Å². The number of carbonyl (C=O) groups is 6. The van der Waals surface area contributed by atoms with Gasteiger partial charge in [0.05, 0.1) is 10.9 Å². The summed E-state index contributed by atoms with van der Waals surface area (Å²) in [6.45, 7) is 10.2. The lowest BCUT2D eigenvalue weighted by Gasteiger charge is -2.31. The molecule has 20 heteroatoms. The van der Waals surface area contributed by atoms with Crippen LogP contribution in [0.2, 0.25) is 0 Å². The molecule has 2 aromatic rings. The molecule has 4 heterocycles. The van der Waals surface area contributed by atoms with E-state index in [4.69, 9.17) is 16.2 Å². The maximum absolute atomic E-state index is 14.5. The maximum atomic E-state index is 14.5. The van der Waals surface area contributed by atoms with Gasteiger partial charge in [-0.25, -0.2) is 13.1 Å². The lowest BCUT2D eigenvalue weighted by molar-refractivity contribution is -0.143. The first-order chi connectivity index (χ1) is 34.2. The number of guanidine groups is 1. The van der Waals surface area contributed by atoms with Crippen molar-refractivity contribution in [3.05, 3.63) is 70.3 Å². The number of hydrogen-bond acceptors (Lipinski definition) is 11. The summed E-state index contributed by atoms with van der Waals surface area (Å²) in [5.74, 6) is -2.39. The van der Waals surface area contributed by atoms with E-state index < -0.39 is 80.9 Å². The van der Waals surface area contributed by atoms with E-state index in [2.05, 4.69) is 31.0 Å². The average molecular weight is 1020 g/mol. The van der Waals surface area contributed by atoms with E-state index in [0.717, 1.165) is 16.7 Å². The van der Waals surface area contributed by atoms with E-state index in [1.807, 2.05) is 63.3 Å². The molecule has 2 saturated heterocycles. The number of nitrogens with one attached hydrogen (secondary N) is 5. The molecule has 6 amide bonds. The number of hydrogen-bond donors (Lipinski definition) is 7. The van der Waals surface area contributed by atoms with Crippen LogP contribution in [-0.2, 0) is 51.6 Å². The Balaban J connectivity index is 1.08. The van der Waals surface area contributed by atoms with Gasteiger partial charge in [-0.1, -0.05) is 42.5 Å². The summed E-state index contributed by atoms with van der Waals surface area (Å²) < 4.78 is 36.3. The Kier molecular flexibility index (Phi) is 17.0. The van der Waals surface area contributed by atoms with Crippen molar-refractivity contribution in [3.8, 4) is 5.75 Å². The Hall–Kier alpha value is -6.02. The maximum Gasteiger partial charge on any atom is 0.264 e. The first-order valence-corrected chi connectivity index (χ1v) is 27.1. The number of allylic oxidation sites excluding steroid dienone is 2. The van der Waals surface area contributed by atoms with Crippen LogP contribution >= 0.6 is 0 Å². The number of rotatable bonds is 8. The smallest absolute Gasteiger partial charge is 0.264 e. The van der Waals surface area contributed by atoms with Crippen molar-refractivity contribution in [2.24, 2.45) is 16.5 Å². The highest BCUT2D eigenvalue weighted by molar-refractivity contribution is 7.90. The minimum atomic E-state index is -4.18. The molecule has 0 unspecified atom stereocenters. The minimum Gasteiger partial charge on any atom is -0.487 e. The summed E-state index contributed by atoms with van der Waals surface area (Å²) in [5, 5.41) is 11.7. The minimum absolute atomic E-state index is 0.0132. The Morgan fingerprint density at radius 2 is 1.44 bits per heavy atom. The highest BCUT2D eigenvalue weighted by Crippen LogP contribution is 2.44. The highest BCUT2D eigenvalue weighted by Gasteiger charge is 2.54. The number of amides is 6. The molecule has 5 atom stereocenters. The summed E-state index contributed by atoms with van der Waals surface area (Å²) in [4.78, 5) is 92.0. The van der Waals surface area contributed by atoms with E-state index >= 15 is 0 Å². The number of aliphatic imine (C=N–C) groups is 1. The number of fused-ring (bicyclic) bond motifs is 3. The van der Waals surface area contributed by atoms with E-state index in [-0.39, 0.29) is 62.0 Å². The van der Waals surface area contributed by atoms with Crippen LogP contribution in [0.15, 0.2) is 52.4 Å². The van der Waals surface area contributed by atoms with Gasteiger partial charge in [-0.15, -0.1) is 0 Å². The number of ether oxygens (including phenoxy) is 1. The van der Waals surface area contributed by atoms with Gasteiger partial charge in [0.25, 0.3) is 10.0 Å². The number of nitrogens with zero attached hydrogens (tertiary/aromatic N) is 3. The molecular formula is C52H74N10O9S. The number of carbonyl (C=O) groups excluding carboxylic acids is 6. The van der Waals surface area contributed by atoms with Crippen LogP contribution in [-0.4, -0.2) is 127 Å². The second kappa shape index (κ2) is 22.8. The van der Waals surface area contributed by atoms with E-state index in [0.29, 0.717) is 94.2 Å². The quantitative estimate of drug-likeness (QED) is 0.0874. The zero-order valence-corrected chi connectivity index (χ0v) is 43.3. The zero-order chi connectivity index (χ0) is 52.0. The Bertz CT molecular complexity index is 2560. The molecule has 1 aliphatic carbocycles. The molecule has 3 fully saturated rings. The zero-order valence-electron chi connectivity index (χ0n) is 42.4. The van der Waals surface area contributed by atoms with Crippen LogP contribution in [0.5, 0.6) is 5.75 Å². The third-order valence-electron chi connectivity index (χ3n) is 14.7. The van der Waals surface area contributed by atoms with Crippen molar-refractivity contribution in [3.63, 3.8) is 0 Å². The van der Waals surface area contributed by atoms with Gasteiger partial charge in [-0.05, 0) is 140 Å².